The molecule has 1 aliphatic rings. The number of likely N-dealkylation sites (N-methyl/N-ethyl adjacent to an activating group) is 1. The first kappa shape index (κ1) is 18.2. The summed E-state index contributed by atoms with van der Waals surface area (Å²) in [6.07, 6.45) is 1.07. The fraction of sp³-hybridized carbons (Fsp3) is 0.381. The number of carbonyl (C=O) groups excluding carboxylic acids is 1. The van der Waals surface area contributed by atoms with E-state index >= 15 is 0 Å². The molecule has 2 aromatic rings. The van der Waals surface area contributed by atoms with E-state index in [-0.39, 0.29) is 11.3 Å². The Labute approximate surface area is 158 Å². The quantitative estimate of drug-likeness (QED) is 0.760. The summed E-state index contributed by atoms with van der Waals surface area (Å²) in [5, 5.41) is 3.90. The number of hydrogen-bond acceptors (Lipinski definition) is 2. The van der Waals surface area contributed by atoms with Crippen LogP contribution in [0, 0.1) is 0 Å². The lowest BCUT2D eigenvalue weighted by Gasteiger charge is -2.25. The van der Waals surface area contributed by atoms with Gasteiger partial charge >= 0.3 is 0 Å². The summed E-state index contributed by atoms with van der Waals surface area (Å²) in [6, 6.07) is 14.1. The van der Waals surface area contributed by atoms with Gasteiger partial charge in [0.25, 0.3) is 5.91 Å². The third-order valence-corrected chi connectivity index (χ3v) is 6.31. The SMILES string of the molecule is CN1CCc2ccc(NC(=O)c3cccc(C(C)(C)CBr)c3)cc2C1. The number of carbonyl (C=O) groups is 1. The molecule has 0 saturated heterocycles. The van der Waals surface area contributed by atoms with Crippen molar-refractivity contribution < 1.29 is 4.79 Å². The molecule has 1 aliphatic heterocycles. The number of nitrogens with zero attached hydrogens (tertiary/aromatic N) is 1. The molecule has 1 heterocycles. The molecule has 0 bridgehead atoms. The number of nitrogens with one attached hydrogen (secondary N) is 1. The number of rotatable bonds is 4. The van der Waals surface area contributed by atoms with Crippen molar-refractivity contribution in [3.05, 3.63) is 64.7 Å². The molecule has 0 spiro atoms. The molecule has 132 valence electrons. The second-order valence-electron chi connectivity index (χ2n) is 7.52. The van der Waals surface area contributed by atoms with Crippen molar-refractivity contribution in [2.24, 2.45) is 0 Å². The average Bonchev–Trinajstić information content (AvgIpc) is 2.61. The highest BCUT2D eigenvalue weighted by Gasteiger charge is 2.20. The van der Waals surface area contributed by atoms with E-state index in [1.54, 1.807) is 0 Å². The lowest BCUT2D eigenvalue weighted by Crippen LogP contribution is -2.26. The molecular weight excluding hydrogens is 376 g/mol. The van der Waals surface area contributed by atoms with Crippen molar-refractivity contribution in [2.75, 3.05) is 24.2 Å². The van der Waals surface area contributed by atoms with Gasteiger partial charge in [0.2, 0.25) is 0 Å². The number of hydrogen-bond donors (Lipinski definition) is 1. The minimum atomic E-state index is -0.0589. The molecule has 0 aromatic heterocycles. The van der Waals surface area contributed by atoms with E-state index in [4.69, 9.17) is 0 Å². The lowest BCUT2D eigenvalue weighted by atomic mass is 9.86. The second-order valence-corrected chi connectivity index (χ2v) is 8.08. The first-order valence-electron chi connectivity index (χ1n) is 8.67. The van der Waals surface area contributed by atoms with Gasteiger partial charge in [-0.3, -0.25) is 4.79 Å². The number of anilines is 1. The molecule has 0 atom stereocenters. The monoisotopic (exact) mass is 400 g/mol. The molecule has 2 aromatic carbocycles. The lowest BCUT2D eigenvalue weighted by molar-refractivity contribution is 0.102. The zero-order valence-corrected chi connectivity index (χ0v) is 16.7. The largest absolute Gasteiger partial charge is 0.322 e. The summed E-state index contributed by atoms with van der Waals surface area (Å²) in [6.45, 7) is 6.36. The van der Waals surface area contributed by atoms with Gasteiger partial charge < -0.3 is 10.2 Å². The van der Waals surface area contributed by atoms with Crippen LogP contribution in [0.4, 0.5) is 5.69 Å². The number of amides is 1. The van der Waals surface area contributed by atoms with Crippen LogP contribution in [0.15, 0.2) is 42.5 Å². The maximum absolute atomic E-state index is 12.7. The van der Waals surface area contributed by atoms with Crippen LogP contribution in [0.25, 0.3) is 0 Å². The Kier molecular flexibility index (Phi) is 5.30. The predicted octanol–water partition coefficient (Wildman–Crippen LogP) is 4.60. The number of halogens is 1. The third-order valence-electron chi connectivity index (χ3n) is 4.91. The molecule has 0 unspecified atom stereocenters. The highest BCUT2D eigenvalue weighted by Crippen LogP contribution is 2.27. The van der Waals surface area contributed by atoms with Crippen LogP contribution in [0.3, 0.4) is 0 Å². The molecule has 1 amide bonds. The molecule has 4 heteroatoms. The van der Waals surface area contributed by atoms with E-state index < -0.39 is 0 Å². The van der Waals surface area contributed by atoms with Crippen LogP contribution < -0.4 is 5.32 Å². The highest BCUT2D eigenvalue weighted by molar-refractivity contribution is 9.09. The molecule has 25 heavy (non-hydrogen) atoms. The first-order chi connectivity index (χ1) is 11.9. The van der Waals surface area contributed by atoms with Gasteiger partial charge in [-0.1, -0.05) is 48.0 Å². The Balaban J connectivity index is 1.79. The summed E-state index contributed by atoms with van der Waals surface area (Å²) in [5.41, 5.74) is 5.40. The van der Waals surface area contributed by atoms with Crippen LogP contribution in [0.2, 0.25) is 0 Å². The van der Waals surface area contributed by atoms with Crippen molar-refractivity contribution in [3.63, 3.8) is 0 Å². The molecule has 0 saturated carbocycles. The zero-order chi connectivity index (χ0) is 18.0. The summed E-state index contributed by atoms with van der Waals surface area (Å²) in [4.78, 5) is 15.0. The van der Waals surface area contributed by atoms with Gasteiger partial charge in [0.05, 0.1) is 0 Å². The predicted molar refractivity (Wildman–Crippen MR) is 108 cm³/mol. The van der Waals surface area contributed by atoms with Crippen LogP contribution >= 0.6 is 15.9 Å². The molecular formula is C21H25BrN2O. The Hall–Kier alpha value is -1.65. The van der Waals surface area contributed by atoms with Crippen LogP contribution in [0.5, 0.6) is 0 Å². The smallest absolute Gasteiger partial charge is 0.255 e. The van der Waals surface area contributed by atoms with Crippen molar-refractivity contribution in [1.82, 2.24) is 4.90 Å². The Morgan fingerprint density at radius 1 is 1.20 bits per heavy atom. The van der Waals surface area contributed by atoms with Crippen molar-refractivity contribution in [3.8, 4) is 0 Å². The van der Waals surface area contributed by atoms with E-state index in [0.29, 0.717) is 5.56 Å². The number of benzene rings is 2. The summed E-state index contributed by atoms with van der Waals surface area (Å²) in [5.74, 6) is -0.0589. The van der Waals surface area contributed by atoms with E-state index in [2.05, 4.69) is 65.2 Å². The van der Waals surface area contributed by atoms with E-state index in [1.165, 1.54) is 11.1 Å². The van der Waals surface area contributed by atoms with Crippen LogP contribution in [0.1, 0.15) is 40.9 Å². The highest BCUT2D eigenvalue weighted by atomic mass is 79.9. The third kappa shape index (κ3) is 4.13. The Bertz CT molecular complexity index is 785. The van der Waals surface area contributed by atoms with Gasteiger partial charge in [-0.05, 0) is 59.8 Å². The fourth-order valence-electron chi connectivity index (χ4n) is 3.14. The Morgan fingerprint density at radius 2 is 2.00 bits per heavy atom. The van der Waals surface area contributed by atoms with Crippen molar-refractivity contribution in [1.29, 1.82) is 0 Å². The number of alkyl halides is 1. The molecule has 3 nitrogen and oxygen atoms in total. The minimum Gasteiger partial charge on any atom is -0.322 e. The van der Waals surface area contributed by atoms with Gasteiger partial charge in [-0.2, -0.15) is 0 Å². The van der Waals surface area contributed by atoms with Gasteiger partial charge in [0, 0.05) is 29.7 Å². The molecule has 0 fully saturated rings. The normalized spacial score (nSPS) is 14.9. The fourth-order valence-corrected chi connectivity index (χ4v) is 3.46. The van der Waals surface area contributed by atoms with Gasteiger partial charge in [0.15, 0.2) is 0 Å². The minimum absolute atomic E-state index is 0.00725. The summed E-state index contributed by atoms with van der Waals surface area (Å²) >= 11 is 3.56. The standard InChI is InChI=1S/C21H25BrN2O/c1-21(2,14-22)18-6-4-5-16(11-18)20(25)23-19-8-7-15-9-10-24(3)13-17(15)12-19/h4-8,11-12H,9-10,13-14H2,1-3H3,(H,23,25). The van der Waals surface area contributed by atoms with Crippen molar-refractivity contribution in [2.45, 2.75) is 32.2 Å². The molecule has 1 N–H and O–H groups in total. The van der Waals surface area contributed by atoms with E-state index in [9.17, 15) is 4.79 Å². The first-order valence-corrected chi connectivity index (χ1v) is 9.79. The summed E-state index contributed by atoms with van der Waals surface area (Å²) in [7, 11) is 2.13. The van der Waals surface area contributed by atoms with Crippen molar-refractivity contribution >= 4 is 27.5 Å². The molecule has 0 radical (unpaired) electrons. The zero-order valence-electron chi connectivity index (χ0n) is 15.1. The van der Waals surface area contributed by atoms with Gasteiger partial charge in [0.1, 0.15) is 0 Å². The molecule has 0 aliphatic carbocycles. The van der Waals surface area contributed by atoms with Gasteiger partial charge in [-0.15, -0.1) is 0 Å². The average molecular weight is 401 g/mol. The Morgan fingerprint density at radius 3 is 2.76 bits per heavy atom. The van der Waals surface area contributed by atoms with Crippen LogP contribution in [-0.4, -0.2) is 29.7 Å². The second kappa shape index (κ2) is 7.30. The van der Waals surface area contributed by atoms with E-state index in [0.717, 1.165) is 36.1 Å². The van der Waals surface area contributed by atoms with Gasteiger partial charge in [-0.25, -0.2) is 0 Å². The number of fused-ring (bicyclic) bond motifs is 1. The molecule has 3 rings (SSSR count). The summed E-state index contributed by atoms with van der Waals surface area (Å²) < 4.78 is 0. The van der Waals surface area contributed by atoms with E-state index in [1.807, 2.05) is 24.3 Å². The maximum atomic E-state index is 12.7. The topological polar surface area (TPSA) is 32.3 Å². The maximum Gasteiger partial charge on any atom is 0.255 e. The van der Waals surface area contributed by atoms with Crippen LogP contribution in [-0.2, 0) is 18.4 Å².